The van der Waals surface area contributed by atoms with Gasteiger partial charge in [-0.25, -0.2) is 4.98 Å². The third kappa shape index (κ3) is 2.05. The fourth-order valence-corrected chi connectivity index (χ4v) is 2.26. The molecule has 0 aliphatic heterocycles. The van der Waals surface area contributed by atoms with Crippen molar-refractivity contribution in [1.82, 2.24) is 4.98 Å². The zero-order chi connectivity index (χ0) is 9.26. The Morgan fingerprint density at radius 2 is 2.00 bits per heavy atom. The summed E-state index contributed by atoms with van der Waals surface area (Å²) in [7, 11) is 0. The first-order chi connectivity index (χ1) is 6.27. The van der Waals surface area contributed by atoms with Gasteiger partial charge in [-0.2, -0.15) is 0 Å². The number of hydrogen-bond acceptors (Lipinski definition) is 1. The van der Waals surface area contributed by atoms with Crippen molar-refractivity contribution in [2.75, 3.05) is 0 Å². The first-order valence-electron chi connectivity index (χ1n) is 4.59. The van der Waals surface area contributed by atoms with Crippen LogP contribution in [0.5, 0.6) is 0 Å². The topological polar surface area (TPSA) is 12.9 Å². The minimum Gasteiger partial charge on any atom is -0.240 e. The molecule has 2 rings (SSSR count). The molecule has 70 valence electrons. The minimum atomic E-state index is 0.587. The smallest absolute Gasteiger partial charge is 0.143 e. The Bertz CT molecular complexity index is 308. The van der Waals surface area contributed by atoms with Crippen LogP contribution in [-0.4, -0.2) is 4.98 Å². The van der Waals surface area contributed by atoms with Crippen LogP contribution in [0.3, 0.4) is 0 Å². The zero-order valence-corrected chi connectivity index (χ0v) is 9.61. The normalized spacial score (nSPS) is 18.0. The van der Waals surface area contributed by atoms with E-state index in [9.17, 15) is 0 Å². The molecule has 1 saturated carbocycles. The lowest BCUT2D eigenvalue weighted by Gasteiger charge is -2.08. The average Bonchev–Trinajstić information content (AvgIpc) is 2.62. The minimum absolute atomic E-state index is 0.587. The van der Waals surface area contributed by atoms with Gasteiger partial charge in [0.1, 0.15) is 5.15 Å². The van der Waals surface area contributed by atoms with Gasteiger partial charge in [-0.1, -0.05) is 24.4 Å². The highest BCUT2D eigenvalue weighted by Gasteiger charge is 2.18. The van der Waals surface area contributed by atoms with Crippen LogP contribution in [0.15, 0.2) is 16.6 Å². The highest BCUT2D eigenvalue weighted by molar-refractivity contribution is 9.10. The molecule has 13 heavy (non-hydrogen) atoms. The van der Waals surface area contributed by atoms with Gasteiger partial charge in [0.05, 0.1) is 4.47 Å². The van der Waals surface area contributed by atoms with Crippen LogP contribution >= 0.6 is 27.5 Å². The van der Waals surface area contributed by atoms with Crippen LogP contribution in [0.25, 0.3) is 0 Å². The molecular weight excluding hydrogens is 249 g/mol. The monoisotopic (exact) mass is 259 g/mol. The molecule has 0 saturated heterocycles. The van der Waals surface area contributed by atoms with Crippen molar-refractivity contribution in [1.29, 1.82) is 0 Å². The molecule has 1 nitrogen and oxygen atoms in total. The van der Waals surface area contributed by atoms with E-state index in [1.54, 1.807) is 0 Å². The van der Waals surface area contributed by atoms with Gasteiger partial charge in [-0.05, 0) is 40.9 Å². The number of hydrogen-bond donors (Lipinski definition) is 0. The Morgan fingerprint density at radius 3 is 2.62 bits per heavy atom. The van der Waals surface area contributed by atoms with Crippen LogP contribution in [0.4, 0.5) is 0 Å². The molecule has 1 aromatic rings. The third-order valence-electron chi connectivity index (χ3n) is 2.60. The predicted octanol–water partition coefficient (Wildman–Crippen LogP) is 4.16. The molecule has 0 atom stereocenters. The van der Waals surface area contributed by atoms with E-state index in [-0.39, 0.29) is 0 Å². The van der Waals surface area contributed by atoms with E-state index in [4.69, 9.17) is 11.6 Å². The fourth-order valence-electron chi connectivity index (χ4n) is 1.88. The Balaban J connectivity index is 2.25. The highest BCUT2D eigenvalue weighted by Crippen LogP contribution is 2.34. The van der Waals surface area contributed by atoms with E-state index >= 15 is 0 Å². The Morgan fingerprint density at radius 1 is 1.31 bits per heavy atom. The van der Waals surface area contributed by atoms with Gasteiger partial charge < -0.3 is 0 Å². The summed E-state index contributed by atoms with van der Waals surface area (Å²) in [6.45, 7) is 0. The molecular formula is C10H11BrClN. The quantitative estimate of drug-likeness (QED) is 0.691. The van der Waals surface area contributed by atoms with Crippen LogP contribution in [0.1, 0.15) is 37.3 Å². The number of halogens is 2. The Kier molecular flexibility index (Phi) is 2.89. The molecule has 1 aliphatic rings. The summed E-state index contributed by atoms with van der Waals surface area (Å²) in [5.41, 5.74) is 1.16. The van der Waals surface area contributed by atoms with E-state index in [1.165, 1.54) is 25.7 Å². The lowest BCUT2D eigenvalue weighted by Crippen LogP contribution is -1.96. The van der Waals surface area contributed by atoms with E-state index in [0.717, 1.165) is 10.2 Å². The molecule has 0 N–H and O–H groups in total. The molecule has 0 aromatic carbocycles. The molecule has 0 bridgehead atoms. The molecule has 1 aliphatic carbocycles. The second kappa shape index (κ2) is 3.97. The summed E-state index contributed by atoms with van der Waals surface area (Å²) in [6.07, 6.45) is 5.20. The van der Waals surface area contributed by atoms with Gasteiger partial charge in [-0.15, -0.1) is 0 Å². The Hall–Kier alpha value is -0.0800. The summed E-state index contributed by atoms with van der Waals surface area (Å²) in [4.78, 5) is 4.37. The van der Waals surface area contributed by atoms with E-state index < -0.39 is 0 Å². The summed E-state index contributed by atoms with van der Waals surface area (Å²) >= 11 is 9.28. The zero-order valence-electron chi connectivity index (χ0n) is 7.26. The maximum atomic E-state index is 5.93. The van der Waals surface area contributed by atoms with Gasteiger partial charge >= 0.3 is 0 Å². The standard InChI is InChI=1S/C10H11BrClN/c11-8-5-6-9(13-10(8)12)7-3-1-2-4-7/h5-7H,1-4H2. The first-order valence-corrected chi connectivity index (χ1v) is 5.76. The van der Waals surface area contributed by atoms with Crippen molar-refractivity contribution in [2.24, 2.45) is 0 Å². The van der Waals surface area contributed by atoms with Crippen molar-refractivity contribution >= 4 is 27.5 Å². The van der Waals surface area contributed by atoms with Crippen LogP contribution < -0.4 is 0 Å². The lowest BCUT2D eigenvalue weighted by molar-refractivity contribution is 0.697. The maximum Gasteiger partial charge on any atom is 0.143 e. The number of aromatic nitrogens is 1. The molecule has 1 fully saturated rings. The number of rotatable bonds is 1. The molecule has 3 heteroatoms. The van der Waals surface area contributed by atoms with Crippen LogP contribution in [-0.2, 0) is 0 Å². The van der Waals surface area contributed by atoms with Gasteiger partial charge in [0.15, 0.2) is 0 Å². The summed E-state index contributed by atoms with van der Waals surface area (Å²) in [5.74, 6) is 0.644. The van der Waals surface area contributed by atoms with Gasteiger partial charge in [-0.3, -0.25) is 0 Å². The number of pyridine rings is 1. The Labute approximate surface area is 91.6 Å². The van der Waals surface area contributed by atoms with E-state index in [0.29, 0.717) is 11.1 Å². The maximum absolute atomic E-state index is 5.93. The summed E-state index contributed by atoms with van der Waals surface area (Å²) in [6, 6.07) is 4.06. The molecule has 0 radical (unpaired) electrons. The lowest BCUT2D eigenvalue weighted by atomic mass is 10.0. The van der Waals surface area contributed by atoms with Crippen molar-refractivity contribution in [3.8, 4) is 0 Å². The van der Waals surface area contributed by atoms with Crippen molar-refractivity contribution in [3.05, 3.63) is 27.5 Å². The van der Waals surface area contributed by atoms with Crippen LogP contribution in [0.2, 0.25) is 5.15 Å². The molecule has 1 heterocycles. The molecule has 0 spiro atoms. The highest BCUT2D eigenvalue weighted by atomic mass is 79.9. The first kappa shape index (κ1) is 9.47. The second-order valence-corrected chi connectivity index (χ2v) is 4.70. The summed E-state index contributed by atoms with van der Waals surface area (Å²) < 4.78 is 0.885. The van der Waals surface area contributed by atoms with Crippen LogP contribution in [0, 0.1) is 0 Å². The van der Waals surface area contributed by atoms with Crippen molar-refractivity contribution in [3.63, 3.8) is 0 Å². The SMILES string of the molecule is Clc1nc(C2CCCC2)ccc1Br. The largest absolute Gasteiger partial charge is 0.240 e. The van der Waals surface area contributed by atoms with E-state index in [2.05, 4.69) is 27.0 Å². The second-order valence-electron chi connectivity index (χ2n) is 3.49. The summed E-state index contributed by atoms with van der Waals surface area (Å²) in [5, 5.41) is 0.587. The average molecular weight is 261 g/mol. The van der Waals surface area contributed by atoms with Gasteiger partial charge in [0.25, 0.3) is 0 Å². The predicted molar refractivity (Wildman–Crippen MR) is 58.2 cm³/mol. The molecule has 1 aromatic heterocycles. The van der Waals surface area contributed by atoms with Gasteiger partial charge in [0, 0.05) is 11.6 Å². The van der Waals surface area contributed by atoms with Crippen molar-refractivity contribution in [2.45, 2.75) is 31.6 Å². The van der Waals surface area contributed by atoms with Gasteiger partial charge in [0.2, 0.25) is 0 Å². The number of nitrogens with zero attached hydrogens (tertiary/aromatic N) is 1. The molecule has 0 amide bonds. The third-order valence-corrected chi connectivity index (χ3v) is 3.75. The molecule has 0 unspecified atom stereocenters. The fraction of sp³-hybridized carbons (Fsp3) is 0.500. The van der Waals surface area contributed by atoms with E-state index in [1.807, 2.05) is 6.07 Å². The van der Waals surface area contributed by atoms with Crippen molar-refractivity contribution < 1.29 is 0 Å².